The normalized spacial score (nSPS) is 10.5. The lowest BCUT2D eigenvalue weighted by Crippen LogP contribution is -2.01. The van der Waals surface area contributed by atoms with Crippen molar-refractivity contribution in [2.45, 2.75) is 12.8 Å². The van der Waals surface area contributed by atoms with E-state index in [1.807, 2.05) is 0 Å². The molecule has 0 unspecified atom stereocenters. The first-order chi connectivity index (χ1) is 9.58. The molecule has 0 bridgehead atoms. The summed E-state index contributed by atoms with van der Waals surface area (Å²) in [6.45, 7) is 0. The standard InChI is InChI=1S/C15H16O5/c1-19-12-8-9(6-7-13(17)18)15(20-2)10-4-3-5-11(16)14(10)12/h3-5,8,16H,6-7H2,1-2H3,(H,17,18). The van der Waals surface area contributed by atoms with Gasteiger partial charge in [-0.2, -0.15) is 0 Å². The highest BCUT2D eigenvalue weighted by Crippen LogP contribution is 2.41. The van der Waals surface area contributed by atoms with Crippen LogP contribution in [0.4, 0.5) is 0 Å². The molecule has 0 saturated heterocycles. The molecule has 0 spiro atoms. The van der Waals surface area contributed by atoms with Crippen LogP contribution in [-0.4, -0.2) is 30.4 Å². The monoisotopic (exact) mass is 276 g/mol. The second-order valence-electron chi connectivity index (χ2n) is 4.36. The average Bonchev–Trinajstić information content (AvgIpc) is 2.43. The van der Waals surface area contributed by atoms with Crippen LogP contribution in [0, 0.1) is 0 Å². The molecule has 0 fully saturated rings. The molecule has 2 aromatic rings. The number of hydrogen-bond acceptors (Lipinski definition) is 4. The lowest BCUT2D eigenvalue weighted by Gasteiger charge is -2.15. The second-order valence-corrected chi connectivity index (χ2v) is 4.36. The molecule has 0 aliphatic rings. The molecule has 106 valence electrons. The summed E-state index contributed by atoms with van der Waals surface area (Å²) in [5, 5.41) is 20.1. The summed E-state index contributed by atoms with van der Waals surface area (Å²) in [5.74, 6) is 0.293. The van der Waals surface area contributed by atoms with Gasteiger partial charge in [0.05, 0.1) is 19.6 Å². The number of rotatable bonds is 5. The van der Waals surface area contributed by atoms with Crippen LogP contribution in [0.15, 0.2) is 24.3 Å². The Morgan fingerprint density at radius 3 is 2.60 bits per heavy atom. The van der Waals surface area contributed by atoms with E-state index in [-0.39, 0.29) is 12.2 Å². The maximum atomic E-state index is 10.7. The van der Waals surface area contributed by atoms with Crippen LogP contribution in [0.25, 0.3) is 10.8 Å². The second kappa shape index (κ2) is 5.69. The van der Waals surface area contributed by atoms with Gasteiger partial charge >= 0.3 is 5.97 Å². The van der Waals surface area contributed by atoms with Crippen molar-refractivity contribution in [2.24, 2.45) is 0 Å². The van der Waals surface area contributed by atoms with Crippen LogP contribution in [0.2, 0.25) is 0 Å². The van der Waals surface area contributed by atoms with E-state index in [9.17, 15) is 9.90 Å². The lowest BCUT2D eigenvalue weighted by atomic mass is 10.00. The van der Waals surface area contributed by atoms with E-state index in [0.717, 1.165) is 5.56 Å². The fourth-order valence-electron chi connectivity index (χ4n) is 2.29. The van der Waals surface area contributed by atoms with Gasteiger partial charge in [-0.05, 0) is 24.1 Å². The van der Waals surface area contributed by atoms with E-state index in [4.69, 9.17) is 14.6 Å². The minimum Gasteiger partial charge on any atom is -0.507 e. The van der Waals surface area contributed by atoms with E-state index < -0.39 is 5.97 Å². The number of aliphatic carboxylic acids is 1. The Bertz CT molecular complexity index is 648. The van der Waals surface area contributed by atoms with Crippen LogP contribution < -0.4 is 9.47 Å². The molecular weight excluding hydrogens is 260 g/mol. The Balaban J connectivity index is 2.67. The highest BCUT2D eigenvalue weighted by molar-refractivity contribution is 5.98. The molecule has 0 heterocycles. The molecule has 0 aromatic heterocycles. The molecule has 0 aliphatic carbocycles. The molecular formula is C15H16O5. The van der Waals surface area contributed by atoms with Gasteiger partial charge in [-0.15, -0.1) is 0 Å². The number of carbonyl (C=O) groups is 1. The predicted octanol–water partition coefficient (Wildman–Crippen LogP) is 2.58. The van der Waals surface area contributed by atoms with Crippen LogP contribution >= 0.6 is 0 Å². The van der Waals surface area contributed by atoms with E-state index in [1.165, 1.54) is 14.2 Å². The number of phenolic OH excluding ortho intramolecular Hbond substituents is 1. The summed E-state index contributed by atoms with van der Waals surface area (Å²) in [7, 11) is 3.03. The van der Waals surface area contributed by atoms with E-state index >= 15 is 0 Å². The number of aromatic hydroxyl groups is 1. The van der Waals surface area contributed by atoms with Crippen LogP contribution in [0.1, 0.15) is 12.0 Å². The van der Waals surface area contributed by atoms with Gasteiger partial charge in [0, 0.05) is 11.8 Å². The Labute approximate surface area is 116 Å². The smallest absolute Gasteiger partial charge is 0.303 e. The molecule has 0 amide bonds. The van der Waals surface area contributed by atoms with Crippen molar-refractivity contribution in [3.63, 3.8) is 0 Å². The molecule has 5 nitrogen and oxygen atoms in total. The van der Waals surface area contributed by atoms with Crippen LogP contribution in [0.3, 0.4) is 0 Å². The third kappa shape index (κ3) is 2.47. The molecule has 0 atom stereocenters. The van der Waals surface area contributed by atoms with Gasteiger partial charge in [0.15, 0.2) is 0 Å². The van der Waals surface area contributed by atoms with E-state index in [2.05, 4.69) is 0 Å². The Kier molecular flexibility index (Phi) is 3.98. The van der Waals surface area contributed by atoms with Crippen LogP contribution in [0.5, 0.6) is 17.2 Å². The van der Waals surface area contributed by atoms with Crippen LogP contribution in [-0.2, 0) is 11.2 Å². The Morgan fingerprint density at radius 1 is 1.25 bits per heavy atom. The number of hydrogen-bond donors (Lipinski definition) is 2. The topological polar surface area (TPSA) is 76.0 Å². The Hall–Kier alpha value is -2.43. The number of phenols is 1. The summed E-state index contributed by atoms with van der Waals surface area (Å²) in [6.07, 6.45) is 0.338. The number of benzene rings is 2. The third-order valence-corrected chi connectivity index (χ3v) is 3.16. The zero-order valence-electron chi connectivity index (χ0n) is 11.3. The van der Waals surface area contributed by atoms with Crippen molar-refractivity contribution < 1.29 is 24.5 Å². The van der Waals surface area contributed by atoms with Crippen molar-refractivity contribution in [3.05, 3.63) is 29.8 Å². The summed E-state index contributed by atoms with van der Waals surface area (Å²) in [4.78, 5) is 10.7. The quantitative estimate of drug-likeness (QED) is 0.877. The van der Waals surface area contributed by atoms with Crippen molar-refractivity contribution >= 4 is 16.7 Å². The first-order valence-electron chi connectivity index (χ1n) is 6.15. The predicted molar refractivity (Wildman–Crippen MR) is 74.7 cm³/mol. The molecule has 0 aliphatic heterocycles. The van der Waals surface area contributed by atoms with Crippen molar-refractivity contribution in [1.29, 1.82) is 0 Å². The van der Waals surface area contributed by atoms with Crippen molar-refractivity contribution in [1.82, 2.24) is 0 Å². The van der Waals surface area contributed by atoms with Crippen molar-refractivity contribution in [3.8, 4) is 17.2 Å². The summed E-state index contributed by atoms with van der Waals surface area (Å²) < 4.78 is 10.7. The molecule has 5 heteroatoms. The summed E-state index contributed by atoms with van der Waals surface area (Å²) in [6, 6.07) is 6.80. The van der Waals surface area contributed by atoms with Gasteiger partial charge in [0.2, 0.25) is 0 Å². The molecule has 2 rings (SSSR count). The molecule has 2 N–H and O–H groups in total. The fraction of sp³-hybridized carbons (Fsp3) is 0.267. The van der Waals surface area contributed by atoms with Gasteiger partial charge in [-0.25, -0.2) is 0 Å². The lowest BCUT2D eigenvalue weighted by molar-refractivity contribution is -0.136. The number of carboxylic acids is 1. The number of carboxylic acid groups (broad SMARTS) is 1. The average molecular weight is 276 g/mol. The first kappa shape index (κ1) is 14.0. The number of methoxy groups -OCH3 is 2. The maximum Gasteiger partial charge on any atom is 0.303 e. The SMILES string of the molecule is COc1c(CCC(=O)O)cc(OC)c2c(O)cccc12. The minimum atomic E-state index is -0.873. The molecule has 0 saturated carbocycles. The number of ether oxygens (including phenoxy) is 2. The minimum absolute atomic E-state index is 0.00381. The first-order valence-corrected chi connectivity index (χ1v) is 6.15. The van der Waals surface area contributed by atoms with Gasteiger partial charge in [-0.3, -0.25) is 4.79 Å². The zero-order valence-corrected chi connectivity index (χ0v) is 11.3. The Morgan fingerprint density at radius 2 is 2.00 bits per heavy atom. The largest absolute Gasteiger partial charge is 0.507 e. The van der Waals surface area contributed by atoms with E-state index in [0.29, 0.717) is 28.7 Å². The molecule has 2 aromatic carbocycles. The summed E-state index contributed by atoms with van der Waals surface area (Å²) >= 11 is 0. The van der Waals surface area contributed by atoms with Gasteiger partial charge in [0.1, 0.15) is 17.2 Å². The highest BCUT2D eigenvalue weighted by Gasteiger charge is 2.16. The van der Waals surface area contributed by atoms with Gasteiger partial charge < -0.3 is 19.7 Å². The number of aryl methyl sites for hydroxylation is 1. The van der Waals surface area contributed by atoms with Gasteiger partial charge in [0.25, 0.3) is 0 Å². The fourth-order valence-corrected chi connectivity index (χ4v) is 2.29. The zero-order chi connectivity index (χ0) is 14.7. The third-order valence-electron chi connectivity index (χ3n) is 3.16. The molecule has 20 heavy (non-hydrogen) atoms. The highest BCUT2D eigenvalue weighted by atomic mass is 16.5. The van der Waals surface area contributed by atoms with Gasteiger partial charge in [-0.1, -0.05) is 12.1 Å². The molecule has 0 radical (unpaired) electrons. The van der Waals surface area contributed by atoms with Crippen molar-refractivity contribution in [2.75, 3.05) is 14.2 Å². The van der Waals surface area contributed by atoms with E-state index in [1.54, 1.807) is 24.3 Å². The number of fused-ring (bicyclic) bond motifs is 1. The maximum absolute atomic E-state index is 10.7. The summed E-state index contributed by atoms with van der Waals surface area (Å²) in [5.41, 5.74) is 0.741.